The number of nitrogens with two attached hydrogens (primary N) is 1. The summed E-state index contributed by atoms with van der Waals surface area (Å²) in [4.78, 5) is 0. The van der Waals surface area contributed by atoms with E-state index in [0.29, 0.717) is 13.0 Å². The number of halogens is 1. The van der Waals surface area contributed by atoms with Crippen LogP contribution >= 0.6 is 0 Å². The normalized spacial score (nSPS) is 14.9. The van der Waals surface area contributed by atoms with Crippen LogP contribution in [-0.4, -0.2) is 18.8 Å². The summed E-state index contributed by atoms with van der Waals surface area (Å²) < 4.78 is 18.3. The van der Waals surface area contributed by atoms with Gasteiger partial charge in [-0.2, -0.15) is 0 Å². The minimum atomic E-state index is -0.219. The van der Waals surface area contributed by atoms with Crippen LogP contribution in [0.1, 0.15) is 19.4 Å². The maximum Gasteiger partial charge on any atom is 0.123 e. The first kappa shape index (κ1) is 12.1. The van der Waals surface area contributed by atoms with E-state index in [1.807, 2.05) is 19.9 Å². The van der Waals surface area contributed by atoms with E-state index >= 15 is 0 Å². The summed E-state index contributed by atoms with van der Waals surface area (Å²) in [6.07, 6.45) is 0.636. The molecule has 15 heavy (non-hydrogen) atoms. The smallest absolute Gasteiger partial charge is 0.123 e. The summed E-state index contributed by atoms with van der Waals surface area (Å²) in [5.74, 6) is -0.219. The fourth-order valence-electron chi connectivity index (χ4n) is 1.49. The second kappa shape index (κ2) is 5.83. The van der Waals surface area contributed by atoms with Crippen molar-refractivity contribution in [2.24, 2.45) is 5.73 Å². The van der Waals surface area contributed by atoms with E-state index in [9.17, 15) is 4.39 Å². The van der Waals surface area contributed by atoms with Gasteiger partial charge in [0.1, 0.15) is 5.82 Å². The predicted molar refractivity (Wildman–Crippen MR) is 59.2 cm³/mol. The van der Waals surface area contributed by atoms with E-state index in [-0.39, 0.29) is 18.0 Å². The highest BCUT2D eigenvalue weighted by Gasteiger charge is 2.13. The van der Waals surface area contributed by atoms with Crippen molar-refractivity contribution in [3.05, 3.63) is 35.6 Å². The standard InChI is InChI=1S/C12H18FNO/c1-3-15-9(2)12(14)8-10-5-4-6-11(13)7-10/h4-7,9,12H,3,8,14H2,1-2H3. The van der Waals surface area contributed by atoms with Crippen LogP contribution in [0, 0.1) is 5.82 Å². The van der Waals surface area contributed by atoms with E-state index < -0.39 is 0 Å². The Labute approximate surface area is 90.2 Å². The van der Waals surface area contributed by atoms with Gasteiger partial charge in [0.05, 0.1) is 6.10 Å². The van der Waals surface area contributed by atoms with Crippen LogP contribution in [0.5, 0.6) is 0 Å². The summed E-state index contributed by atoms with van der Waals surface area (Å²) in [5, 5.41) is 0. The van der Waals surface area contributed by atoms with Crippen molar-refractivity contribution < 1.29 is 9.13 Å². The zero-order valence-electron chi connectivity index (χ0n) is 9.24. The van der Waals surface area contributed by atoms with Crippen molar-refractivity contribution in [1.29, 1.82) is 0 Å². The van der Waals surface area contributed by atoms with Crippen molar-refractivity contribution in [3.8, 4) is 0 Å². The zero-order chi connectivity index (χ0) is 11.3. The van der Waals surface area contributed by atoms with Gasteiger partial charge in [-0.25, -0.2) is 4.39 Å². The molecule has 0 aliphatic carbocycles. The highest BCUT2D eigenvalue weighted by Crippen LogP contribution is 2.08. The molecule has 0 fully saturated rings. The fourth-order valence-corrected chi connectivity index (χ4v) is 1.49. The highest BCUT2D eigenvalue weighted by atomic mass is 19.1. The molecular formula is C12H18FNO. The summed E-state index contributed by atoms with van der Waals surface area (Å²) in [6.45, 7) is 4.52. The third-order valence-corrected chi connectivity index (χ3v) is 2.39. The largest absolute Gasteiger partial charge is 0.377 e. The maximum absolute atomic E-state index is 12.9. The van der Waals surface area contributed by atoms with Gasteiger partial charge >= 0.3 is 0 Å². The lowest BCUT2D eigenvalue weighted by molar-refractivity contribution is 0.0577. The van der Waals surface area contributed by atoms with Crippen molar-refractivity contribution in [1.82, 2.24) is 0 Å². The van der Waals surface area contributed by atoms with Gasteiger partial charge in [-0.05, 0) is 38.0 Å². The average Bonchev–Trinajstić information content (AvgIpc) is 2.18. The molecule has 2 nitrogen and oxygen atoms in total. The first-order chi connectivity index (χ1) is 7.13. The van der Waals surface area contributed by atoms with E-state index in [1.54, 1.807) is 6.07 Å². The van der Waals surface area contributed by atoms with Crippen LogP contribution in [0.15, 0.2) is 24.3 Å². The Bertz CT molecular complexity index is 303. The SMILES string of the molecule is CCOC(C)C(N)Cc1cccc(F)c1. The Balaban J connectivity index is 2.54. The molecule has 1 rings (SSSR count). The molecular weight excluding hydrogens is 193 g/mol. The van der Waals surface area contributed by atoms with Gasteiger partial charge < -0.3 is 10.5 Å². The Morgan fingerprint density at radius 3 is 2.80 bits per heavy atom. The molecule has 3 heteroatoms. The molecule has 0 saturated carbocycles. The Hall–Kier alpha value is -0.930. The van der Waals surface area contributed by atoms with Crippen LogP contribution < -0.4 is 5.73 Å². The minimum absolute atomic E-state index is 0.00160. The summed E-state index contributed by atoms with van der Waals surface area (Å²) >= 11 is 0. The highest BCUT2D eigenvalue weighted by molar-refractivity contribution is 5.17. The van der Waals surface area contributed by atoms with Crippen LogP contribution in [0.25, 0.3) is 0 Å². The molecule has 0 aromatic heterocycles. The molecule has 2 unspecified atom stereocenters. The number of hydrogen-bond donors (Lipinski definition) is 1. The fraction of sp³-hybridized carbons (Fsp3) is 0.500. The lowest BCUT2D eigenvalue weighted by Crippen LogP contribution is -2.36. The average molecular weight is 211 g/mol. The third kappa shape index (κ3) is 3.98. The Morgan fingerprint density at radius 1 is 1.47 bits per heavy atom. The van der Waals surface area contributed by atoms with Gasteiger partial charge in [0, 0.05) is 12.6 Å². The van der Waals surface area contributed by atoms with E-state index in [0.717, 1.165) is 5.56 Å². The molecule has 2 N–H and O–H groups in total. The van der Waals surface area contributed by atoms with Gasteiger partial charge in [-0.15, -0.1) is 0 Å². The second-order valence-electron chi connectivity index (χ2n) is 3.66. The molecule has 84 valence electrons. The zero-order valence-corrected chi connectivity index (χ0v) is 9.24. The monoisotopic (exact) mass is 211 g/mol. The third-order valence-electron chi connectivity index (χ3n) is 2.39. The van der Waals surface area contributed by atoms with Gasteiger partial charge in [0.2, 0.25) is 0 Å². The quantitative estimate of drug-likeness (QED) is 0.809. The summed E-state index contributed by atoms with van der Waals surface area (Å²) in [6, 6.07) is 6.43. The van der Waals surface area contributed by atoms with Gasteiger partial charge in [-0.3, -0.25) is 0 Å². The van der Waals surface area contributed by atoms with Crippen LogP contribution in [0.2, 0.25) is 0 Å². The molecule has 0 heterocycles. The topological polar surface area (TPSA) is 35.2 Å². The maximum atomic E-state index is 12.9. The molecule has 0 bridgehead atoms. The van der Waals surface area contributed by atoms with Crippen LogP contribution in [-0.2, 0) is 11.2 Å². The Kier molecular flexibility index (Phi) is 4.72. The lowest BCUT2D eigenvalue weighted by atomic mass is 10.0. The molecule has 2 atom stereocenters. The van der Waals surface area contributed by atoms with Crippen molar-refractivity contribution in [3.63, 3.8) is 0 Å². The van der Waals surface area contributed by atoms with Crippen molar-refractivity contribution >= 4 is 0 Å². The van der Waals surface area contributed by atoms with Crippen molar-refractivity contribution in [2.75, 3.05) is 6.61 Å². The number of benzene rings is 1. The van der Waals surface area contributed by atoms with E-state index in [4.69, 9.17) is 10.5 Å². The lowest BCUT2D eigenvalue weighted by Gasteiger charge is -2.19. The van der Waals surface area contributed by atoms with Crippen LogP contribution in [0.4, 0.5) is 4.39 Å². The predicted octanol–water partition coefficient (Wildman–Crippen LogP) is 2.12. The molecule has 0 radical (unpaired) electrons. The van der Waals surface area contributed by atoms with Crippen LogP contribution in [0.3, 0.4) is 0 Å². The summed E-state index contributed by atoms with van der Waals surface area (Å²) in [7, 11) is 0. The molecule has 0 amide bonds. The van der Waals surface area contributed by atoms with Crippen molar-refractivity contribution in [2.45, 2.75) is 32.4 Å². The molecule has 0 spiro atoms. The van der Waals surface area contributed by atoms with E-state index in [2.05, 4.69) is 0 Å². The second-order valence-corrected chi connectivity index (χ2v) is 3.66. The molecule has 0 aliphatic rings. The first-order valence-electron chi connectivity index (χ1n) is 5.25. The molecule has 1 aromatic carbocycles. The molecule has 0 saturated heterocycles. The number of rotatable bonds is 5. The van der Waals surface area contributed by atoms with E-state index in [1.165, 1.54) is 12.1 Å². The van der Waals surface area contributed by atoms with Gasteiger partial charge in [0.15, 0.2) is 0 Å². The Morgan fingerprint density at radius 2 is 2.20 bits per heavy atom. The summed E-state index contributed by atoms with van der Waals surface area (Å²) in [5.41, 5.74) is 6.85. The van der Waals surface area contributed by atoms with Gasteiger partial charge in [-0.1, -0.05) is 12.1 Å². The number of hydrogen-bond acceptors (Lipinski definition) is 2. The molecule has 1 aromatic rings. The first-order valence-corrected chi connectivity index (χ1v) is 5.25. The minimum Gasteiger partial charge on any atom is -0.377 e. The van der Waals surface area contributed by atoms with Gasteiger partial charge in [0.25, 0.3) is 0 Å². The number of ether oxygens (including phenoxy) is 1. The molecule has 0 aliphatic heterocycles.